The molecular formula is C21H22ClN3O4. The summed E-state index contributed by atoms with van der Waals surface area (Å²) in [5.41, 5.74) is 2.32. The van der Waals surface area contributed by atoms with E-state index < -0.39 is 18.5 Å². The number of carbonyl (C=O) groups is 3. The van der Waals surface area contributed by atoms with E-state index in [9.17, 15) is 14.4 Å². The summed E-state index contributed by atoms with van der Waals surface area (Å²) in [7, 11) is 3.85. The van der Waals surface area contributed by atoms with Gasteiger partial charge in [-0.25, -0.2) is 4.79 Å². The number of ether oxygens (including phenoxy) is 1. The zero-order valence-electron chi connectivity index (χ0n) is 16.3. The number of halogens is 1. The molecule has 0 unspecified atom stereocenters. The lowest BCUT2D eigenvalue weighted by molar-refractivity contribution is -0.119. The Labute approximate surface area is 174 Å². The first-order valence-corrected chi connectivity index (χ1v) is 9.57. The highest BCUT2D eigenvalue weighted by atomic mass is 35.5. The molecule has 8 heteroatoms. The number of benzene rings is 2. The van der Waals surface area contributed by atoms with Gasteiger partial charge in [-0.2, -0.15) is 0 Å². The van der Waals surface area contributed by atoms with Crippen LogP contribution in [-0.4, -0.2) is 45.0 Å². The second-order valence-corrected chi connectivity index (χ2v) is 7.29. The molecule has 1 aliphatic heterocycles. The molecule has 29 heavy (non-hydrogen) atoms. The van der Waals surface area contributed by atoms with E-state index >= 15 is 0 Å². The lowest BCUT2D eigenvalue weighted by atomic mass is 10.2. The van der Waals surface area contributed by atoms with Gasteiger partial charge in [-0.3, -0.25) is 9.59 Å². The molecule has 2 aromatic carbocycles. The van der Waals surface area contributed by atoms with Crippen LogP contribution in [0.3, 0.4) is 0 Å². The molecule has 0 aromatic heterocycles. The van der Waals surface area contributed by atoms with Gasteiger partial charge in [-0.1, -0.05) is 11.6 Å². The van der Waals surface area contributed by atoms with E-state index in [2.05, 4.69) is 5.32 Å². The molecular weight excluding hydrogens is 394 g/mol. The minimum absolute atomic E-state index is 0.0305. The Bertz CT molecular complexity index is 928. The van der Waals surface area contributed by atoms with Crippen LogP contribution in [0.1, 0.15) is 23.2 Å². The summed E-state index contributed by atoms with van der Waals surface area (Å²) in [6.07, 6.45) is 1.21. The van der Waals surface area contributed by atoms with Crippen molar-refractivity contribution in [2.45, 2.75) is 12.8 Å². The maximum atomic E-state index is 12.3. The molecule has 0 saturated carbocycles. The maximum Gasteiger partial charge on any atom is 0.338 e. The van der Waals surface area contributed by atoms with Gasteiger partial charge in [0.25, 0.3) is 5.91 Å². The summed E-state index contributed by atoms with van der Waals surface area (Å²) in [6, 6.07) is 11.9. The van der Waals surface area contributed by atoms with Crippen LogP contribution in [0.15, 0.2) is 42.5 Å². The Hall–Kier alpha value is -3.06. The fourth-order valence-corrected chi connectivity index (χ4v) is 3.22. The van der Waals surface area contributed by atoms with E-state index in [1.807, 2.05) is 31.1 Å². The van der Waals surface area contributed by atoms with Crippen molar-refractivity contribution in [3.8, 4) is 0 Å². The number of carbonyl (C=O) groups excluding carboxylic acids is 3. The first-order valence-electron chi connectivity index (χ1n) is 9.19. The van der Waals surface area contributed by atoms with E-state index in [-0.39, 0.29) is 11.5 Å². The molecule has 1 aliphatic rings. The second-order valence-electron chi connectivity index (χ2n) is 6.88. The van der Waals surface area contributed by atoms with Crippen molar-refractivity contribution in [1.82, 2.24) is 0 Å². The monoisotopic (exact) mass is 415 g/mol. The van der Waals surface area contributed by atoms with Gasteiger partial charge in [0, 0.05) is 38.4 Å². The van der Waals surface area contributed by atoms with Crippen LogP contribution in [0, 0.1) is 0 Å². The van der Waals surface area contributed by atoms with Crippen molar-refractivity contribution in [3.63, 3.8) is 0 Å². The molecule has 1 saturated heterocycles. The zero-order chi connectivity index (χ0) is 21.0. The third-order valence-electron chi connectivity index (χ3n) is 4.55. The van der Waals surface area contributed by atoms with Crippen LogP contribution in [0.5, 0.6) is 0 Å². The normalized spacial score (nSPS) is 13.3. The number of anilines is 3. The van der Waals surface area contributed by atoms with Crippen molar-refractivity contribution in [3.05, 3.63) is 53.1 Å². The van der Waals surface area contributed by atoms with Crippen LogP contribution in [0.25, 0.3) is 0 Å². The van der Waals surface area contributed by atoms with Gasteiger partial charge in [0.15, 0.2) is 6.61 Å². The van der Waals surface area contributed by atoms with Crippen molar-refractivity contribution in [2.75, 3.05) is 42.4 Å². The van der Waals surface area contributed by atoms with Crippen LogP contribution in [-0.2, 0) is 14.3 Å². The highest BCUT2D eigenvalue weighted by Crippen LogP contribution is 2.30. The summed E-state index contributed by atoms with van der Waals surface area (Å²) in [5.74, 6) is -1.13. The van der Waals surface area contributed by atoms with Gasteiger partial charge in [-0.05, 0) is 48.9 Å². The number of hydrogen-bond donors (Lipinski definition) is 1. The number of amides is 2. The molecule has 1 N–H and O–H groups in total. The maximum absolute atomic E-state index is 12.3. The van der Waals surface area contributed by atoms with Gasteiger partial charge >= 0.3 is 5.97 Å². The fraction of sp³-hybridized carbons (Fsp3) is 0.286. The van der Waals surface area contributed by atoms with Crippen LogP contribution >= 0.6 is 11.6 Å². The minimum atomic E-state index is -0.660. The lowest BCUT2D eigenvalue weighted by Gasteiger charge is -2.18. The van der Waals surface area contributed by atoms with Crippen LogP contribution < -0.4 is 15.1 Å². The highest BCUT2D eigenvalue weighted by Gasteiger charge is 2.24. The minimum Gasteiger partial charge on any atom is -0.452 e. The van der Waals surface area contributed by atoms with E-state index in [1.165, 1.54) is 12.1 Å². The third-order valence-corrected chi connectivity index (χ3v) is 4.87. The first kappa shape index (κ1) is 20.7. The molecule has 0 bridgehead atoms. The predicted octanol–water partition coefficient (Wildman–Crippen LogP) is 3.33. The Morgan fingerprint density at radius 1 is 1.17 bits per heavy atom. The smallest absolute Gasteiger partial charge is 0.338 e. The van der Waals surface area contributed by atoms with Gasteiger partial charge in [0.2, 0.25) is 5.91 Å². The molecule has 0 radical (unpaired) electrons. The third kappa shape index (κ3) is 5.06. The molecule has 7 nitrogen and oxygen atoms in total. The molecule has 2 aromatic rings. The Morgan fingerprint density at radius 2 is 1.90 bits per heavy atom. The van der Waals surface area contributed by atoms with E-state index in [1.54, 1.807) is 23.1 Å². The fourth-order valence-electron chi connectivity index (χ4n) is 3.00. The summed E-state index contributed by atoms with van der Waals surface area (Å²) in [6.45, 7) is 0.140. The van der Waals surface area contributed by atoms with E-state index in [0.29, 0.717) is 29.4 Å². The van der Waals surface area contributed by atoms with Crippen LogP contribution in [0.4, 0.5) is 17.1 Å². The number of hydrogen-bond acceptors (Lipinski definition) is 5. The Balaban J connectivity index is 1.59. The van der Waals surface area contributed by atoms with Gasteiger partial charge in [-0.15, -0.1) is 0 Å². The van der Waals surface area contributed by atoms with E-state index in [0.717, 1.165) is 12.1 Å². The van der Waals surface area contributed by atoms with Gasteiger partial charge < -0.3 is 19.9 Å². The lowest BCUT2D eigenvalue weighted by Crippen LogP contribution is -2.24. The first-order chi connectivity index (χ1) is 13.8. The average Bonchev–Trinajstić information content (AvgIpc) is 3.12. The SMILES string of the molecule is CN(C)c1ccc(NC(=O)COC(=O)c2ccc(Cl)c(N3CCCC3=O)c2)cc1. The number of esters is 1. The van der Waals surface area contributed by atoms with Gasteiger partial charge in [0.05, 0.1) is 16.3 Å². The second kappa shape index (κ2) is 8.96. The molecule has 1 heterocycles. The van der Waals surface area contributed by atoms with E-state index in [4.69, 9.17) is 16.3 Å². The number of rotatable bonds is 6. The zero-order valence-corrected chi connectivity index (χ0v) is 17.0. The Morgan fingerprint density at radius 3 is 2.52 bits per heavy atom. The molecule has 0 atom stereocenters. The molecule has 0 aliphatic carbocycles. The summed E-state index contributed by atoms with van der Waals surface area (Å²) in [5, 5.41) is 3.06. The van der Waals surface area contributed by atoms with Crippen molar-refractivity contribution < 1.29 is 19.1 Å². The average molecular weight is 416 g/mol. The predicted molar refractivity (Wildman–Crippen MR) is 113 cm³/mol. The number of nitrogens with one attached hydrogen (secondary N) is 1. The molecule has 1 fully saturated rings. The highest BCUT2D eigenvalue weighted by molar-refractivity contribution is 6.34. The largest absolute Gasteiger partial charge is 0.452 e. The quantitative estimate of drug-likeness (QED) is 0.732. The standard InChI is InChI=1S/C21H22ClN3O4/c1-24(2)16-8-6-15(7-9-16)23-19(26)13-29-21(28)14-5-10-17(22)18(12-14)25-11-3-4-20(25)27/h5-10,12H,3-4,11,13H2,1-2H3,(H,23,26). The Kier molecular flexibility index (Phi) is 6.39. The molecule has 152 valence electrons. The van der Waals surface area contributed by atoms with Crippen molar-refractivity contribution in [2.24, 2.45) is 0 Å². The molecule has 2 amide bonds. The molecule has 0 spiro atoms. The summed E-state index contributed by atoms with van der Waals surface area (Å²) >= 11 is 6.18. The molecule has 3 rings (SSSR count). The van der Waals surface area contributed by atoms with Crippen LogP contribution in [0.2, 0.25) is 5.02 Å². The topological polar surface area (TPSA) is 79.0 Å². The van der Waals surface area contributed by atoms with Gasteiger partial charge in [0.1, 0.15) is 0 Å². The summed E-state index contributed by atoms with van der Waals surface area (Å²) in [4.78, 5) is 39.9. The van der Waals surface area contributed by atoms with Crippen molar-refractivity contribution in [1.29, 1.82) is 0 Å². The van der Waals surface area contributed by atoms with Crippen molar-refractivity contribution >= 4 is 46.4 Å². The number of nitrogens with zero attached hydrogens (tertiary/aromatic N) is 2. The summed E-state index contributed by atoms with van der Waals surface area (Å²) < 4.78 is 5.10.